The van der Waals surface area contributed by atoms with Crippen LogP contribution < -0.4 is 9.47 Å². The number of ether oxygens (including phenoxy) is 2. The van der Waals surface area contributed by atoms with Gasteiger partial charge in [-0.2, -0.15) is 0 Å². The van der Waals surface area contributed by atoms with Gasteiger partial charge in [0.25, 0.3) is 0 Å². The third kappa shape index (κ3) is 7.26. The lowest BCUT2D eigenvalue weighted by atomic mass is 10.2. The molecule has 35 heavy (non-hydrogen) atoms. The molecule has 8 heteroatoms. The Kier molecular flexibility index (Phi) is 8.81. The number of hydrogen-bond acceptors (Lipinski definition) is 6. The molecule has 0 saturated heterocycles. The van der Waals surface area contributed by atoms with E-state index in [9.17, 15) is 17.2 Å². The largest absolute Gasteiger partial charge is 0.768 e. The van der Waals surface area contributed by atoms with Gasteiger partial charge in [0.15, 0.2) is 0 Å². The van der Waals surface area contributed by atoms with Gasteiger partial charge in [-0.25, -0.2) is 8.42 Å². The third-order valence-corrected chi connectivity index (χ3v) is 7.42. The minimum atomic E-state index is -3.65. The zero-order chi connectivity index (χ0) is 25.4. The van der Waals surface area contributed by atoms with Gasteiger partial charge in [-0.05, 0) is 97.7 Å². The fourth-order valence-electron chi connectivity index (χ4n) is 2.97. The standard InChI is InChI=1S/C19H16O6S2.C8H10/c1-24-14-4-10-18(11-5-14)27(22,23)19-12-6-16(7-13-19)25-15-2-8-17(9-3-15)26(20)21;1-7-3-5-8(2)6-4-7/h2-13H,1H3,(H,20,21);3-6H,1-2H3/p-1. The summed E-state index contributed by atoms with van der Waals surface area (Å²) in [5, 5.41) is 0. The first-order valence-electron chi connectivity index (χ1n) is 10.6. The summed E-state index contributed by atoms with van der Waals surface area (Å²) < 4.78 is 57.7. The summed E-state index contributed by atoms with van der Waals surface area (Å²) in [5.41, 5.74) is 2.66. The molecule has 0 aromatic heterocycles. The molecule has 0 spiro atoms. The first-order chi connectivity index (χ1) is 16.7. The van der Waals surface area contributed by atoms with E-state index in [1.165, 1.54) is 78.9 Å². The summed E-state index contributed by atoms with van der Waals surface area (Å²) in [6.07, 6.45) is 0. The second kappa shape index (κ2) is 11.8. The molecule has 0 heterocycles. The minimum Gasteiger partial charge on any atom is -0.768 e. The summed E-state index contributed by atoms with van der Waals surface area (Å²) in [5.74, 6) is 1.44. The average Bonchev–Trinajstić information content (AvgIpc) is 2.87. The molecule has 1 unspecified atom stereocenters. The van der Waals surface area contributed by atoms with Crippen LogP contribution in [0.5, 0.6) is 17.2 Å². The summed E-state index contributed by atoms with van der Waals surface area (Å²) in [6, 6.07) is 26.5. The first-order valence-corrected chi connectivity index (χ1v) is 13.1. The fraction of sp³-hybridized carbons (Fsp3) is 0.111. The van der Waals surface area contributed by atoms with E-state index >= 15 is 0 Å². The Morgan fingerprint density at radius 2 is 1.00 bits per heavy atom. The molecule has 0 aliphatic heterocycles. The molecule has 4 rings (SSSR count). The molecule has 6 nitrogen and oxygen atoms in total. The zero-order valence-corrected chi connectivity index (χ0v) is 21.1. The van der Waals surface area contributed by atoms with Crippen LogP contribution in [0.2, 0.25) is 0 Å². The molecule has 0 N–H and O–H groups in total. The van der Waals surface area contributed by atoms with Gasteiger partial charge in [0.05, 0.1) is 16.9 Å². The number of aryl methyl sites for hydroxylation is 2. The Bertz CT molecular complexity index is 1340. The van der Waals surface area contributed by atoms with E-state index in [1.54, 1.807) is 12.1 Å². The highest BCUT2D eigenvalue weighted by atomic mass is 32.2. The van der Waals surface area contributed by atoms with Crippen LogP contribution in [0.3, 0.4) is 0 Å². The maximum Gasteiger partial charge on any atom is 0.206 e. The second-order valence-electron chi connectivity index (χ2n) is 7.61. The highest BCUT2D eigenvalue weighted by Gasteiger charge is 2.17. The topological polar surface area (TPSA) is 92.7 Å². The maximum absolute atomic E-state index is 12.7. The van der Waals surface area contributed by atoms with Crippen LogP contribution in [-0.4, -0.2) is 24.3 Å². The molecule has 0 radical (unpaired) electrons. The Labute approximate surface area is 208 Å². The minimum absolute atomic E-state index is 0.136. The highest BCUT2D eigenvalue weighted by molar-refractivity contribution is 7.91. The molecule has 0 bridgehead atoms. The molecule has 0 amide bonds. The van der Waals surface area contributed by atoms with E-state index in [1.807, 2.05) is 0 Å². The summed E-state index contributed by atoms with van der Waals surface area (Å²) in [7, 11) is -2.14. The van der Waals surface area contributed by atoms with E-state index in [-0.39, 0.29) is 14.7 Å². The predicted molar refractivity (Wildman–Crippen MR) is 135 cm³/mol. The van der Waals surface area contributed by atoms with Crippen molar-refractivity contribution in [2.45, 2.75) is 28.5 Å². The lowest BCUT2D eigenvalue weighted by molar-refractivity contribution is 0.414. The number of methoxy groups -OCH3 is 1. The van der Waals surface area contributed by atoms with Crippen LogP contribution in [0.25, 0.3) is 0 Å². The van der Waals surface area contributed by atoms with Crippen molar-refractivity contribution in [1.82, 2.24) is 0 Å². The van der Waals surface area contributed by atoms with Crippen molar-refractivity contribution in [3.63, 3.8) is 0 Å². The van der Waals surface area contributed by atoms with E-state index in [0.29, 0.717) is 17.2 Å². The summed E-state index contributed by atoms with van der Waals surface area (Å²) in [6.45, 7) is 4.19. The fourth-order valence-corrected chi connectivity index (χ4v) is 4.59. The summed E-state index contributed by atoms with van der Waals surface area (Å²) >= 11 is -2.30. The molecule has 4 aromatic rings. The van der Waals surface area contributed by atoms with Gasteiger partial charge in [0.2, 0.25) is 9.84 Å². The monoisotopic (exact) mass is 509 g/mol. The van der Waals surface area contributed by atoms with Crippen LogP contribution in [0.4, 0.5) is 0 Å². The maximum atomic E-state index is 12.7. The number of benzene rings is 4. The molecular weight excluding hydrogens is 484 g/mol. The second-order valence-corrected chi connectivity index (χ2v) is 10.5. The Morgan fingerprint density at radius 1 is 0.629 bits per heavy atom. The van der Waals surface area contributed by atoms with Gasteiger partial charge in [-0.3, -0.25) is 4.21 Å². The van der Waals surface area contributed by atoms with Gasteiger partial charge in [-0.1, -0.05) is 35.4 Å². The molecule has 4 aromatic carbocycles. The van der Waals surface area contributed by atoms with E-state index in [0.717, 1.165) is 0 Å². The van der Waals surface area contributed by atoms with Crippen molar-refractivity contribution in [2.24, 2.45) is 0 Å². The summed E-state index contributed by atoms with van der Waals surface area (Å²) in [4.78, 5) is 0.457. The van der Waals surface area contributed by atoms with Crippen molar-refractivity contribution in [3.05, 3.63) is 108 Å². The highest BCUT2D eigenvalue weighted by Crippen LogP contribution is 2.27. The number of rotatable bonds is 6. The number of sulfone groups is 1. The predicted octanol–water partition coefficient (Wildman–Crippen LogP) is 5.86. The molecular formula is C27H25O6S2-. The van der Waals surface area contributed by atoms with Gasteiger partial charge < -0.3 is 14.0 Å². The van der Waals surface area contributed by atoms with Gasteiger partial charge >= 0.3 is 0 Å². The first kappa shape index (κ1) is 26.2. The van der Waals surface area contributed by atoms with Crippen LogP contribution in [0, 0.1) is 13.8 Å². The molecule has 0 aliphatic carbocycles. The number of hydrogen-bond donors (Lipinski definition) is 0. The van der Waals surface area contributed by atoms with E-state index in [2.05, 4.69) is 38.1 Å². The molecule has 0 saturated carbocycles. The van der Waals surface area contributed by atoms with Crippen LogP contribution in [-0.2, 0) is 20.9 Å². The van der Waals surface area contributed by atoms with Gasteiger partial charge in [-0.15, -0.1) is 0 Å². The van der Waals surface area contributed by atoms with Crippen molar-refractivity contribution in [2.75, 3.05) is 7.11 Å². The van der Waals surface area contributed by atoms with Gasteiger partial charge in [0, 0.05) is 4.90 Å². The normalized spacial score (nSPS) is 11.7. The zero-order valence-electron chi connectivity index (χ0n) is 19.5. The Hall–Kier alpha value is -3.46. The van der Waals surface area contributed by atoms with E-state index in [4.69, 9.17) is 9.47 Å². The lowest BCUT2D eigenvalue weighted by Crippen LogP contribution is -2.01. The molecule has 0 fully saturated rings. The molecule has 182 valence electrons. The van der Waals surface area contributed by atoms with Crippen LogP contribution in [0.15, 0.2) is 112 Å². The Morgan fingerprint density at radius 3 is 1.37 bits per heavy atom. The smallest absolute Gasteiger partial charge is 0.206 e. The molecule has 1 atom stereocenters. The molecule has 0 aliphatic rings. The van der Waals surface area contributed by atoms with Crippen molar-refractivity contribution >= 4 is 20.9 Å². The quantitative estimate of drug-likeness (QED) is 0.302. The third-order valence-electron chi connectivity index (χ3n) is 4.97. The SMILES string of the molecule is COc1ccc(S(=O)(=O)c2ccc(Oc3ccc(S(=O)[O-])cc3)cc2)cc1.Cc1ccc(C)cc1. The van der Waals surface area contributed by atoms with Crippen molar-refractivity contribution in [3.8, 4) is 17.2 Å². The Balaban J connectivity index is 0.000000363. The van der Waals surface area contributed by atoms with Crippen molar-refractivity contribution < 1.29 is 26.7 Å². The van der Waals surface area contributed by atoms with Crippen LogP contribution in [0.1, 0.15) is 11.1 Å². The van der Waals surface area contributed by atoms with Crippen molar-refractivity contribution in [1.29, 1.82) is 0 Å². The average molecular weight is 510 g/mol. The van der Waals surface area contributed by atoms with Gasteiger partial charge in [0.1, 0.15) is 17.2 Å². The van der Waals surface area contributed by atoms with Crippen LogP contribution >= 0.6 is 0 Å². The van der Waals surface area contributed by atoms with E-state index < -0.39 is 20.9 Å². The lowest BCUT2D eigenvalue weighted by Gasteiger charge is -2.09.